The van der Waals surface area contributed by atoms with Crippen LogP contribution in [0.4, 0.5) is 5.82 Å². The number of hydrogen-bond donors (Lipinski definition) is 2. The molecule has 1 aromatic carbocycles. The third-order valence-corrected chi connectivity index (χ3v) is 7.81. The highest BCUT2D eigenvalue weighted by Gasteiger charge is 2.36. The maximum Gasteiger partial charge on any atom is 0.325 e. The molecule has 36 heavy (non-hydrogen) atoms. The molecule has 5 rings (SSSR count). The average molecular weight is 494 g/mol. The first-order valence-electron chi connectivity index (χ1n) is 13.6. The van der Waals surface area contributed by atoms with Crippen molar-refractivity contribution in [3.05, 3.63) is 58.3 Å². The predicted octanol–water partition coefficient (Wildman–Crippen LogP) is 4.49. The minimum absolute atomic E-state index is 0.0843. The van der Waals surface area contributed by atoms with Crippen LogP contribution in [-0.4, -0.2) is 66.5 Å². The summed E-state index contributed by atoms with van der Waals surface area (Å²) in [5, 5.41) is 13.6. The van der Waals surface area contributed by atoms with E-state index in [4.69, 9.17) is 14.5 Å². The van der Waals surface area contributed by atoms with Gasteiger partial charge in [0.05, 0.1) is 12.7 Å². The number of anilines is 1. The van der Waals surface area contributed by atoms with Crippen molar-refractivity contribution in [2.75, 3.05) is 44.8 Å². The lowest BCUT2D eigenvalue weighted by Crippen LogP contribution is -2.34. The van der Waals surface area contributed by atoms with E-state index in [-0.39, 0.29) is 12.0 Å². The number of hydrogen-bond acceptors (Lipinski definition) is 6. The molecule has 0 unspecified atom stereocenters. The number of pyridine rings is 1. The fourth-order valence-corrected chi connectivity index (χ4v) is 5.86. The summed E-state index contributed by atoms with van der Waals surface area (Å²) in [7, 11) is 0. The molecule has 0 bridgehead atoms. The number of unbranched alkanes of at least 4 members (excludes halogenated alkanes) is 1. The van der Waals surface area contributed by atoms with Gasteiger partial charge in [-0.2, -0.15) is 0 Å². The summed E-state index contributed by atoms with van der Waals surface area (Å²) >= 11 is 0. The standard InChI is InChI=1S/C29H39N3O4/c1-20-7-10-25(22-12-16-35-19-22)26(17-20)27(29(33)34)32-14-11-24(18-32)36-15-3-2-6-23-9-8-21-5-4-13-30-28(21)31-23/h7-10,17,22,24,27H,2-6,11-16,18-19H2,1H3,(H,30,31)(H,33,34)/t22-,24+,27+/m0/s1. The second-order valence-corrected chi connectivity index (χ2v) is 10.5. The summed E-state index contributed by atoms with van der Waals surface area (Å²) < 4.78 is 11.8. The molecule has 2 aromatic rings. The fraction of sp³-hybridized carbons (Fsp3) is 0.586. The number of aliphatic carboxylic acids is 1. The van der Waals surface area contributed by atoms with Gasteiger partial charge in [-0.15, -0.1) is 0 Å². The van der Waals surface area contributed by atoms with Gasteiger partial charge in [0.1, 0.15) is 11.9 Å². The van der Waals surface area contributed by atoms with Crippen LogP contribution in [0.1, 0.15) is 72.0 Å². The van der Waals surface area contributed by atoms with Crippen molar-refractivity contribution in [2.45, 2.75) is 69.9 Å². The number of fused-ring (bicyclic) bond motifs is 1. The van der Waals surface area contributed by atoms with Crippen LogP contribution in [-0.2, 0) is 27.1 Å². The smallest absolute Gasteiger partial charge is 0.325 e. The SMILES string of the molecule is Cc1ccc([C@H]2CCOC2)c([C@H](C(=O)O)N2CC[C@@H](OCCCCc3ccc4c(n3)NCCC4)C2)c1. The summed E-state index contributed by atoms with van der Waals surface area (Å²) in [6.45, 7) is 6.56. The molecule has 3 aliphatic rings. The summed E-state index contributed by atoms with van der Waals surface area (Å²) in [5.41, 5.74) is 5.61. The first kappa shape index (κ1) is 25.2. The van der Waals surface area contributed by atoms with Crippen molar-refractivity contribution in [1.29, 1.82) is 0 Å². The second-order valence-electron chi connectivity index (χ2n) is 10.5. The third kappa shape index (κ3) is 5.90. The van der Waals surface area contributed by atoms with Crippen molar-refractivity contribution >= 4 is 11.8 Å². The Kier molecular flexibility index (Phi) is 8.19. The van der Waals surface area contributed by atoms with Crippen molar-refractivity contribution < 1.29 is 19.4 Å². The largest absolute Gasteiger partial charge is 0.480 e. The molecule has 1 aromatic heterocycles. The molecule has 0 spiro atoms. The van der Waals surface area contributed by atoms with Crippen molar-refractivity contribution in [2.24, 2.45) is 0 Å². The Morgan fingerprint density at radius 3 is 3.03 bits per heavy atom. The maximum absolute atomic E-state index is 12.5. The molecule has 7 nitrogen and oxygen atoms in total. The zero-order valence-electron chi connectivity index (χ0n) is 21.4. The number of nitrogens with zero attached hydrogens (tertiary/aromatic N) is 2. The van der Waals surface area contributed by atoms with Gasteiger partial charge in [0.2, 0.25) is 0 Å². The van der Waals surface area contributed by atoms with E-state index in [9.17, 15) is 9.90 Å². The maximum atomic E-state index is 12.5. The molecule has 3 atom stereocenters. The third-order valence-electron chi connectivity index (χ3n) is 7.81. The average Bonchev–Trinajstić information content (AvgIpc) is 3.57. The van der Waals surface area contributed by atoms with E-state index >= 15 is 0 Å². The van der Waals surface area contributed by atoms with Gasteiger partial charge in [-0.3, -0.25) is 9.69 Å². The predicted molar refractivity (Wildman–Crippen MR) is 140 cm³/mol. The number of aromatic nitrogens is 1. The van der Waals surface area contributed by atoms with E-state index in [1.165, 1.54) is 12.0 Å². The van der Waals surface area contributed by atoms with E-state index in [2.05, 4.69) is 40.5 Å². The molecule has 2 N–H and O–H groups in total. The lowest BCUT2D eigenvalue weighted by Gasteiger charge is -2.28. The number of benzene rings is 1. The number of likely N-dealkylation sites (tertiary alicyclic amines) is 1. The molecule has 0 saturated carbocycles. The van der Waals surface area contributed by atoms with Crippen LogP contribution in [0.25, 0.3) is 0 Å². The highest BCUT2D eigenvalue weighted by Crippen LogP contribution is 2.36. The van der Waals surface area contributed by atoms with Crippen molar-refractivity contribution in [1.82, 2.24) is 9.88 Å². The van der Waals surface area contributed by atoms with Gasteiger partial charge < -0.3 is 19.9 Å². The van der Waals surface area contributed by atoms with Gasteiger partial charge in [-0.1, -0.05) is 29.8 Å². The molecule has 4 heterocycles. The minimum Gasteiger partial charge on any atom is -0.480 e. The molecular weight excluding hydrogens is 454 g/mol. The highest BCUT2D eigenvalue weighted by atomic mass is 16.5. The van der Waals surface area contributed by atoms with Crippen LogP contribution in [0.2, 0.25) is 0 Å². The topological polar surface area (TPSA) is 83.9 Å². The van der Waals surface area contributed by atoms with Crippen molar-refractivity contribution in [3.8, 4) is 0 Å². The molecule has 194 valence electrons. The van der Waals surface area contributed by atoms with E-state index in [0.717, 1.165) is 86.4 Å². The van der Waals surface area contributed by atoms with Crippen LogP contribution in [0.3, 0.4) is 0 Å². The van der Waals surface area contributed by atoms with Crippen LogP contribution < -0.4 is 5.32 Å². The molecule has 2 fully saturated rings. The summed E-state index contributed by atoms with van der Waals surface area (Å²) in [5.74, 6) is 0.553. The molecule has 0 radical (unpaired) electrons. The Bertz CT molecular complexity index is 1050. The molecular formula is C29H39N3O4. The zero-order chi connectivity index (χ0) is 24.9. The van der Waals surface area contributed by atoms with Crippen LogP contribution in [0, 0.1) is 6.92 Å². The number of carboxylic acid groups (broad SMARTS) is 1. The Morgan fingerprint density at radius 2 is 2.19 bits per heavy atom. The number of aryl methyl sites for hydroxylation is 3. The van der Waals surface area contributed by atoms with Crippen LogP contribution in [0.15, 0.2) is 30.3 Å². The number of nitrogens with one attached hydrogen (secondary N) is 1. The number of rotatable bonds is 10. The Balaban J connectivity index is 1.12. The Morgan fingerprint density at radius 1 is 1.28 bits per heavy atom. The quantitative estimate of drug-likeness (QED) is 0.472. The van der Waals surface area contributed by atoms with E-state index in [1.54, 1.807) is 0 Å². The highest BCUT2D eigenvalue weighted by molar-refractivity contribution is 5.76. The Labute approximate surface area is 214 Å². The lowest BCUT2D eigenvalue weighted by molar-refractivity contribution is -0.143. The first-order valence-corrected chi connectivity index (χ1v) is 13.6. The lowest BCUT2D eigenvalue weighted by atomic mass is 9.88. The summed E-state index contributed by atoms with van der Waals surface area (Å²) in [6.07, 6.45) is 7.17. The van der Waals surface area contributed by atoms with Gasteiger partial charge in [-0.25, -0.2) is 4.98 Å². The number of carbonyl (C=O) groups is 1. The summed E-state index contributed by atoms with van der Waals surface area (Å²) in [4.78, 5) is 19.3. The van der Waals surface area contributed by atoms with Gasteiger partial charge in [0.25, 0.3) is 0 Å². The normalized spacial score (nSPS) is 22.8. The minimum atomic E-state index is -0.784. The summed E-state index contributed by atoms with van der Waals surface area (Å²) in [6, 6.07) is 9.99. The molecule has 2 saturated heterocycles. The van der Waals surface area contributed by atoms with Gasteiger partial charge in [0.15, 0.2) is 0 Å². The first-order chi connectivity index (χ1) is 17.6. The number of ether oxygens (including phenoxy) is 2. The van der Waals surface area contributed by atoms with E-state index < -0.39 is 12.0 Å². The Hall–Kier alpha value is -2.48. The monoisotopic (exact) mass is 493 g/mol. The molecule has 0 aliphatic carbocycles. The van der Waals surface area contributed by atoms with Gasteiger partial charge in [0, 0.05) is 44.5 Å². The molecule has 0 amide bonds. The van der Waals surface area contributed by atoms with Crippen LogP contribution in [0.5, 0.6) is 0 Å². The van der Waals surface area contributed by atoms with Crippen molar-refractivity contribution in [3.63, 3.8) is 0 Å². The van der Waals surface area contributed by atoms with E-state index in [0.29, 0.717) is 19.8 Å². The fourth-order valence-electron chi connectivity index (χ4n) is 5.86. The number of carboxylic acids is 1. The molecule has 7 heteroatoms. The van der Waals surface area contributed by atoms with Gasteiger partial charge >= 0.3 is 5.97 Å². The van der Waals surface area contributed by atoms with E-state index in [1.807, 2.05) is 6.92 Å². The zero-order valence-corrected chi connectivity index (χ0v) is 21.4. The van der Waals surface area contributed by atoms with Crippen LogP contribution >= 0.6 is 0 Å². The molecule has 3 aliphatic heterocycles. The second kappa shape index (κ2) is 11.7. The van der Waals surface area contributed by atoms with Gasteiger partial charge in [-0.05, 0) is 74.6 Å².